The first-order valence-electron chi connectivity index (χ1n) is 28.1. The van der Waals surface area contributed by atoms with E-state index in [2.05, 4.69) is 238 Å². The smallest absolute Gasteiger partial charge is 0.226 e. The van der Waals surface area contributed by atoms with Crippen molar-refractivity contribution in [2.24, 2.45) is 5.41 Å². The van der Waals surface area contributed by atoms with Crippen molar-refractivity contribution >= 4 is 56.4 Å². The predicted octanol–water partition coefficient (Wildman–Crippen LogP) is 16.4. The highest BCUT2D eigenvalue weighted by Crippen LogP contribution is 2.72. The molecule has 5 aliphatic heterocycles. The highest BCUT2D eigenvalue weighted by Gasteiger charge is 2.66. The zero-order valence-corrected chi connectivity index (χ0v) is 45.9. The van der Waals surface area contributed by atoms with Crippen LogP contribution in [0.4, 0.5) is 15.8 Å². The number of rotatable bonds is 0. The average molecular weight is 985 g/mol. The molecule has 0 amide bonds. The monoisotopic (exact) mass is 984 g/mol. The molecule has 2 unspecified atom stereocenters. The lowest BCUT2D eigenvalue weighted by Gasteiger charge is -2.55. The van der Waals surface area contributed by atoms with E-state index >= 15 is 4.39 Å². The lowest BCUT2D eigenvalue weighted by Crippen LogP contribution is -2.63. The van der Waals surface area contributed by atoms with Crippen LogP contribution in [0.3, 0.4) is 0 Å². The van der Waals surface area contributed by atoms with Crippen molar-refractivity contribution in [1.82, 2.24) is 4.57 Å². The summed E-state index contributed by atoms with van der Waals surface area (Å²) >= 11 is 0. The Morgan fingerprint density at radius 2 is 0.921 bits per heavy atom. The lowest BCUT2D eigenvalue weighted by molar-refractivity contribution is 0.510. The maximum Gasteiger partial charge on any atom is 0.226 e. The second-order valence-electron chi connectivity index (χ2n) is 28.1. The number of benzene rings is 8. The number of fused-ring (bicyclic) bond motifs is 18. The van der Waals surface area contributed by atoms with Crippen molar-refractivity contribution in [3.8, 4) is 27.9 Å². The molecule has 2 nitrogen and oxygen atoms in total. The van der Waals surface area contributed by atoms with Crippen molar-refractivity contribution in [2.45, 2.75) is 122 Å². The first-order chi connectivity index (χ1) is 36.2. The van der Waals surface area contributed by atoms with E-state index in [1.165, 1.54) is 127 Å². The molecule has 4 heteroatoms. The molecule has 0 bridgehead atoms. The maximum absolute atomic E-state index is 21.7. The molecule has 76 heavy (non-hydrogen) atoms. The predicted molar refractivity (Wildman–Crippen MR) is 315 cm³/mol. The zero-order chi connectivity index (χ0) is 52.0. The van der Waals surface area contributed by atoms with Gasteiger partial charge in [-0.05, 0) is 140 Å². The van der Waals surface area contributed by atoms with Crippen LogP contribution in [0.5, 0.6) is 0 Å². The third kappa shape index (κ3) is 4.68. The Labute approximate surface area is 447 Å². The molecule has 6 heterocycles. The van der Waals surface area contributed by atoms with Crippen LogP contribution in [0.1, 0.15) is 150 Å². The van der Waals surface area contributed by atoms with Gasteiger partial charge in [0.1, 0.15) is 5.82 Å². The molecule has 2 spiro atoms. The van der Waals surface area contributed by atoms with Gasteiger partial charge in [0.2, 0.25) is 6.71 Å². The molecule has 0 N–H and O–H groups in total. The molecule has 8 aromatic carbocycles. The largest absolute Gasteiger partial charge is 0.333 e. The molecule has 9 aromatic rings. The van der Waals surface area contributed by atoms with Crippen molar-refractivity contribution in [3.63, 3.8) is 0 Å². The minimum atomic E-state index is -1.000. The number of halogens is 1. The van der Waals surface area contributed by atoms with Crippen molar-refractivity contribution in [2.75, 3.05) is 4.90 Å². The molecular weight excluding hydrogens is 923 g/mol. The lowest BCUT2D eigenvalue weighted by atomic mass is 9.28. The van der Waals surface area contributed by atoms with E-state index in [9.17, 15) is 0 Å². The van der Waals surface area contributed by atoms with Gasteiger partial charge in [0, 0.05) is 38.7 Å². The molecule has 0 saturated heterocycles. The van der Waals surface area contributed by atoms with Crippen LogP contribution < -0.4 is 15.8 Å². The van der Waals surface area contributed by atoms with E-state index in [4.69, 9.17) is 0 Å². The van der Waals surface area contributed by atoms with E-state index < -0.39 is 10.8 Å². The number of hydrogen-bond donors (Lipinski definition) is 0. The number of hydrogen-bond acceptors (Lipinski definition) is 1. The minimum Gasteiger partial charge on any atom is -0.333 e. The van der Waals surface area contributed by atoms with Gasteiger partial charge in [0.15, 0.2) is 0 Å². The fraction of sp³-hybridized carbons (Fsp3) is 0.278. The second-order valence-corrected chi connectivity index (χ2v) is 28.1. The van der Waals surface area contributed by atoms with Gasteiger partial charge in [-0.3, -0.25) is 0 Å². The number of nitrogens with zero attached hydrogens (tertiary/aromatic N) is 2. The summed E-state index contributed by atoms with van der Waals surface area (Å²) in [5.74, 6) is -0.0245. The van der Waals surface area contributed by atoms with E-state index in [0.29, 0.717) is 0 Å². The third-order valence-electron chi connectivity index (χ3n) is 20.1. The fourth-order valence-corrected chi connectivity index (χ4v) is 16.8. The summed E-state index contributed by atoms with van der Waals surface area (Å²) in [4.78, 5) is 2.74. The summed E-state index contributed by atoms with van der Waals surface area (Å²) in [6.07, 6.45) is 5.28. The summed E-state index contributed by atoms with van der Waals surface area (Å²) in [6.45, 7) is 28.4. The Kier molecular flexibility index (Phi) is 7.61. The molecule has 3 aliphatic carbocycles. The second kappa shape index (κ2) is 13.1. The summed E-state index contributed by atoms with van der Waals surface area (Å²) in [5.41, 5.74) is 27.4. The van der Waals surface area contributed by atoms with Gasteiger partial charge in [0.25, 0.3) is 0 Å². The summed E-state index contributed by atoms with van der Waals surface area (Å²) < 4.78 is 24.3. The van der Waals surface area contributed by atoms with Gasteiger partial charge in [-0.1, -0.05) is 210 Å². The highest BCUT2D eigenvalue weighted by molar-refractivity contribution is 6.92. The van der Waals surface area contributed by atoms with Gasteiger partial charge >= 0.3 is 0 Å². The number of anilines is 2. The standard InChI is InChI=1S/C72H62BFN2/c1-67(2,3)37-29-45-47-31-39(69(7,8)9)35-55-63(47)75-61(45)53(33-37)71(49-25-17-13-21-41(49)42-22-14-18-26-50(42)71)57-60(74)58-66-59(65(57)75)73(55)56-36-40(70(10,11)12)32-48-46-30-38(68(4,5)6)34-54(62(46)76(66)64(48)56)72(58)51-27-19-15-23-43(51)44-24-16-20-28-52(44)72/h13-36,55,63H,1-12H3. The molecule has 17 rings (SSSR count). The Morgan fingerprint density at radius 3 is 1.45 bits per heavy atom. The third-order valence-corrected chi connectivity index (χ3v) is 20.1. The Morgan fingerprint density at radius 1 is 0.461 bits per heavy atom. The summed E-state index contributed by atoms with van der Waals surface area (Å²) in [6, 6.07) is 51.5. The van der Waals surface area contributed by atoms with Gasteiger partial charge in [0.05, 0.1) is 33.8 Å². The number of allylic oxidation sites excluding steroid dienone is 2. The van der Waals surface area contributed by atoms with Crippen LogP contribution in [0.15, 0.2) is 151 Å². The quantitative estimate of drug-likeness (QED) is 0.138. The van der Waals surface area contributed by atoms with Crippen LogP contribution in [-0.2, 0) is 27.1 Å². The van der Waals surface area contributed by atoms with Crippen LogP contribution in [0.25, 0.3) is 55.3 Å². The molecule has 1 aromatic heterocycles. The van der Waals surface area contributed by atoms with Gasteiger partial charge in [-0.2, -0.15) is 0 Å². The van der Waals surface area contributed by atoms with E-state index in [0.717, 1.165) is 22.5 Å². The summed E-state index contributed by atoms with van der Waals surface area (Å²) in [5, 5.41) is 2.56. The Hall–Kier alpha value is -7.17. The van der Waals surface area contributed by atoms with Gasteiger partial charge in [-0.15, -0.1) is 0 Å². The van der Waals surface area contributed by atoms with Crippen molar-refractivity contribution in [3.05, 3.63) is 224 Å². The zero-order valence-electron chi connectivity index (χ0n) is 45.9. The molecular formula is C72H62BFN2. The fourth-order valence-electron chi connectivity index (χ4n) is 16.8. The van der Waals surface area contributed by atoms with E-state index in [1.807, 2.05) is 0 Å². The first kappa shape index (κ1) is 44.0. The molecule has 0 fully saturated rings. The highest BCUT2D eigenvalue weighted by atomic mass is 19.1. The molecule has 0 radical (unpaired) electrons. The van der Waals surface area contributed by atoms with Crippen molar-refractivity contribution in [1.29, 1.82) is 0 Å². The first-order valence-corrected chi connectivity index (χ1v) is 28.1. The Balaban J connectivity index is 1.20. The van der Waals surface area contributed by atoms with Crippen LogP contribution in [-0.4, -0.2) is 17.3 Å². The minimum absolute atomic E-state index is 0.0363. The topological polar surface area (TPSA) is 8.17 Å². The van der Waals surface area contributed by atoms with Gasteiger partial charge in [-0.25, -0.2) is 4.39 Å². The maximum atomic E-state index is 21.7. The van der Waals surface area contributed by atoms with Crippen LogP contribution >= 0.6 is 0 Å². The average Bonchev–Trinajstić information content (AvgIpc) is 2.51. The van der Waals surface area contributed by atoms with Gasteiger partial charge < -0.3 is 9.47 Å². The normalized spacial score (nSPS) is 19.4. The van der Waals surface area contributed by atoms with Crippen LogP contribution in [0, 0.1) is 11.2 Å². The Bertz CT molecular complexity index is 4280. The SMILES string of the molecule is CC(C)(C)C1=CC2B3c4c5c(c(F)c6c4-n4c7c3cc(C(C)(C)C)cc7c3cc(C(C)(C)C)cc(c34)C63c4ccccc4-c4ccccc43)C3(c4ccccc4-c4ccccc43)c3cc(C(C)(C)C)cc4c3N5C2C4=C1. The molecule has 0 saturated carbocycles. The van der Waals surface area contributed by atoms with E-state index in [-0.39, 0.29) is 46.0 Å². The van der Waals surface area contributed by atoms with E-state index in [1.54, 1.807) is 0 Å². The van der Waals surface area contributed by atoms with Crippen molar-refractivity contribution < 1.29 is 4.39 Å². The van der Waals surface area contributed by atoms with Crippen LogP contribution in [0.2, 0.25) is 5.82 Å². The summed E-state index contributed by atoms with van der Waals surface area (Å²) in [7, 11) is 0. The molecule has 8 aliphatic rings. The number of aromatic nitrogens is 1. The molecule has 370 valence electrons. The molecule has 2 atom stereocenters.